The van der Waals surface area contributed by atoms with E-state index in [0.717, 1.165) is 0 Å². The first kappa shape index (κ1) is 20.2. The summed E-state index contributed by atoms with van der Waals surface area (Å²) in [5.41, 5.74) is -0.319. The number of primary sulfonamides is 1. The van der Waals surface area contributed by atoms with Crippen molar-refractivity contribution in [2.45, 2.75) is 11.6 Å². The molecular weight excluding hydrogens is 421 g/mol. The van der Waals surface area contributed by atoms with Crippen LogP contribution < -0.4 is 9.88 Å². The molecule has 1 aromatic heterocycles. The topological polar surface area (TPSA) is 95.4 Å². The van der Waals surface area contributed by atoms with Gasteiger partial charge >= 0.3 is 0 Å². The molecule has 0 aliphatic rings. The van der Waals surface area contributed by atoms with Crippen LogP contribution in [0.2, 0.25) is 5.02 Å². The predicted octanol–water partition coefficient (Wildman–Crippen LogP) is 4.07. The average Bonchev–Trinajstić information content (AvgIpc) is 3.06. The van der Waals surface area contributed by atoms with Crippen LogP contribution in [0.15, 0.2) is 39.8 Å². The van der Waals surface area contributed by atoms with E-state index in [0.29, 0.717) is 23.4 Å². The van der Waals surface area contributed by atoms with Gasteiger partial charge < -0.3 is 9.26 Å². The molecule has 6 nitrogen and oxygen atoms in total. The Labute approximate surface area is 162 Å². The fourth-order valence-corrected chi connectivity index (χ4v) is 3.50. The number of benzene rings is 2. The second kappa shape index (κ2) is 7.46. The van der Waals surface area contributed by atoms with Crippen LogP contribution in [0.3, 0.4) is 0 Å². The Balaban J connectivity index is 2.25. The van der Waals surface area contributed by atoms with E-state index < -0.39 is 38.8 Å². The van der Waals surface area contributed by atoms with Crippen LogP contribution in [0.4, 0.5) is 13.2 Å². The Morgan fingerprint density at radius 1 is 1.21 bits per heavy atom. The summed E-state index contributed by atoms with van der Waals surface area (Å²) < 4.78 is 74.9. The lowest BCUT2D eigenvalue weighted by molar-refractivity contribution is 0.332. The number of sulfonamides is 1. The Morgan fingerprint density at radius 2 is 1.93 bits per heavy atom. The maximum atomic E-state index is 14.6. The number of hydrogen-bond acceptors (Lipinski definition) is 5. The molecule has 0 bridgehead atoms. The molecule has 11 heteroatoms. The minimum atomic E-state index is -4.49. The van der Waals surface area contributed by atoms with Crippen molar-refractivity contribution in [1.29, 1.82) is 0 Å². The molecule has 3 rings (SSSR count). The van der Waals surface area contributed by atoms with E-state index in [1.165, 1.54) is 25.3 Å². The van der Waals surface area contributed by atoms with Gasteiger partial charge in [-0.25, -0.2) is 26.7 Å². The molecule has 0 fully saturated rings. The molecule has 0 radical (unpaired) electrons. The van der Waals surface area contributed by atoms with Gasteiger partial charge in [0.05, 0.1) is 17.7 Å². The molecule has 0 aliphatic carbocycles. The summed E-state index contributed by atoms with van der Waals surface area (Å²) in [5, 5.41) is 8.79. The van der Waals surface area contributed by atoms with Crippen molar-refractivity contribution in [2.24, 2.45) is 5.14 Å². The molecule has 0 spiro atoms. The van der Waals surface area contributed by atoms with Gasteiger partial charge in [0.2, 0.25) is 10.0 Å². The molecule has 0 unspecified atom stereocenters. The SMILES string of the molecule is COc1ccc(-c2noc(CF)c2-c2cc(F)c(S(N)(=O)=O)cc2F)cc1Cl. The van der Waals surface area contributed by atoms with Crippen LogP contribution >= 0.6 is 11.6 Å². The van der Waals surface area contributed by atoms with E-state index in [9.17, 15) is 21.6 Å². The summed E-state index contributed by atoms with van der Waals surface area (Å²) in [6, 6.07) is 5.46. The van der Waals surface area contributed by atoms with E-state index in [-0.39, 0.29) is 22.0 Å². The van der Waals surface area contributed by atoms with Crippen LogP contribution in [0.5, 0.6) is 5.75 Å². The molecule has 28 heavy (non-hydrogen) atoms. The maximum Gasteiger partial charge on any atom is 0.241 e. The van der Waals surface area contributed by atoms with Gasteiger partial charge in [-0.1, -0.05) is 16.8 Å². The highest BCUT2D eigenvalue weighted by Crippen LogP contribution is 2.39. The molecule has 0 aliphatic heterocycles. The summed E-state index contributed by atoms with van der Waals surface area (Å²) in [7, 11) is -3.08. The van der Waals surface area contributed by atoms with E-state index in [1.54, 1.807) is 0 Å². The summed E-state index contributed by atoms with van der Waals surface area (Å²) in [4.78, 5) is -1.03. The second-order valence-corrected chi connectivity index (χ2v) is 7.56. The molecule has 1 heterocycles. The highest BCUT2D eigenvalue weighted by atomic mass is 35.5. The number of hydrogen-bond donors (Lipinski definition) is 1. The van der Waals surface area contributed by atoms with Crippen LogP contribution in [0.1, 0.15) is 5.76 Å². The van der Waals surface area contributed by atoms with Crippen molar-refractivity contribution in [2.75, 3.05) is 7.11 Å². The first-order valence-electron chi connectivity index (χ1n) is 7.58. The van der Waals surface area contributed by atoms with Crippen LogP contribution in [0.25, 0.3) is 22.4 Å². The monoisotopic (exact) mass is 432 g/mol. The summed E-state index contributed by atoms with van der Waals surface area (Å²) in [6.45, 7) is -1.16. The Morgan fingerprint density at radius 3 is 2.50 bits per heavy atom. The molecular formula is C17H12ClF3N2O4S. The zero-order chi connectivity index (χ0) is 20.6. The molecule has 0 amide bonds. The van der Waals surface area contributed by atoms with Gasteiger partial charge in [0.15, 0.2) is 12.4 Å². The Bertz CT molecular complexity index is 1170. The van der Waals surface area contributed by atoms with Crippen molar-refractivity contribution >= 4 is 21.6 Å². The third kappa shape index (κ3) is 3.58. The zero-order valence-electron chi connectivity index (χ0n) is 14.2. The fourth-order valence-electron chi connectivity index (χ4n) is 2.64. The first-order chi connectivity index (χ1) is 13.2. The van der Waals surface area contributed by atoms with Crippen molar-refractivity contribution in [1.82, 2.24) is 5.16 Å². The minimum absolute atomic E-state index is 0.0149. The van der Waals surface area contributed by atoms with Crippen LogP contribution in [0, 0.1) is 11.6 Å². The summed E-state index contributed by atoms with van der Waals surface area (Å²) >= 11 is 6.07. The van der Waals surface area contributed by atoms with E-state index >= 15 is 0 Å². The quantitative estimate of drug-likeness (QED) is 0.655. The standard InChI is InChI=1S/C17H12ClF3N2O4S/c1-26-13-3-2-8(4-10(13)18)17-16(14(7-19)27-23-17)9-5-12(21)15(6-11(9)20)28(22,24)25/h2-6H,7H2,1H3,(H2,22,24,25). The predicted molar refractivity (Wildman–Crippen MR) is 95.0 cm³/mol. The van der Waals surface area contributed by atoms with Gasteiger partial charge in [-0.2, -0.15) is 0 Å². The number of methoxy groups -OCH3 is 1. The fraction of sp³-hybridized carbons (Fsp3) is 0.118. The Hall–Kier alpha value is -2.56. The van der Waals surface area contributed by atoms with Gasteiger partial charge in [0.25, 0.3) is 0 Å². The molecule has 0 saturated heterocycles. The third-order valence-corrected chi connectivity index (χ3v) is 5.13. The largest absolute Gasteiger partial charge is 0.495 e. The summed E-state index contributed by atoms with van der Waals surface area (Å²) in [6.07, 6.45) is 0. The molecule has 2 N–H and O–H groups in total. The first-order valence-corrected chi connectivity index (χ1v) is 9.50. The number of ether oxygens (including phenoxy) is 1. The minimum Gasteiger partial charge on any atom is -0.495 e. The molecule has 2 aromatic carbocycles. The number of halogens is 4. The van der Waals surface area contributed by atoms with Crippen molar-refractivity contribution in [3.63, 3.8) is 0 Å². The molecule has 0 saturated carbocycles. The highest BCUT2D eigenvalue weighted by Gasteiger charge is 2.26. The van der Waals surface area contributed by atoms with Gasteiger partial charge in [-0.3, -0.25) is 0 Å². The number of alkyl halides is 1. The van der Waals surface area contributed by atoms with Crippen LogP contribution in [-0.2, 0) is 16.7 Å². The van der Waals surface area contributed by atoms with Gasteiger partial charge in [-0.15, -0.1) is 0 Å². The Kier molecular flexibility index (Phi) is 5.37. The normalized spacial score (nSPS) is 11.6. The van der Waals surface area contributed by atoms with Gasteiger partial charge in [0, 0.05) is 11.1 Å². The third-order valence-electron chi connectivity index (χ3n) is 3.91. The second-order valence-electron chi connectivity index (χ2n) is 5.62. The van der Waals surface area contributed by atoms with Gasteiger partial charge in [-0.05, 0) is 30.3 Å². The number of rotatable bonds is 5. The average molecular weight is 433 g/mol. The lowest BCUT2D eigenvalue weighted by Gasteiger charge is -2.09. The van der Waals surface area contributed by atoms with Crippen molar-refractivity contribution in [3.05, 3.63) is 52.7 Å². The number of aromatic nitrogens is 1. The number of nitrogens with zero attached hydrogens (tertiary/aromatic N) is 1. The smallest absolute Gasteiger partial charge is 0.241 e. The lowest BCUT2D eigenvalue weighted by atomic mass is 9.98. The summed E-state index contributed by atoms with van der Waals surface area (Å²) in [5.74, 6) is -2.47. The molecule has 148 valence electrons. The zero-order valence-corrected chi connectivity index (χ0v) is 15.7. The van der Waals surface area contributed by atoms with E-state index in [1.807, 2.05) is 0 Å². The van der Waals surface area contributed by atoms with Gasteiger partial charge in [0.1, 0.15) is 28.0 Å². The van der Waals surface area contributed by atoms with E-state index in [2.05, 4.69) is 5.16 Å². The van der Waals surface area contributed by atoms with Crippen LogP contribution in [-0.4, -0.2) is 20.7 Å². The maximum absolute atomic E-state index is 14.6. The lowest BCUT2D eigenvalue weighted by Crippen LogP contribution is -2.14. The molecule has 0 atom stereocenters. The number of nitrogens with two attached hydrogens (primary N) is 1. The highest BCUT2D eigenvalue weighted by molar-refractivity contribution is 7.89. The van der Waals surface area contributed by atoms with Crippen molar-refractivity contribution in [3.8, 4) is 28.1 Å². The van der Waals surface area contributed by atoms with Crippen molar-refractivity contribution < 1.29 is 30.8 Å². The molecule has 3 aromatic rings. The van der Waals surface area contributed by atoms with E-state index in [4.69, 9.17) is 26.0 Å².